The van der Waals surface area contributed by atoms with Crippen molar-refractivity contribution in [2.24, 2.45) is 0 Å². The molecule has 0 spiro atoms. The summed E-state index contributed by atoms with van der Waals surface area (Å²) in [6.45, 7) is 7.19. The number of rotatable bonds is 7. The van der Waals surface area contributed by atoms with Crippen LogP contribution in [0.2, 0.25) is 0 Å². The quantitative estimate of drug-likeness (QED) is 0.843. The highest BCUT2D eigenvalue weighted by atomic mass is 32.1. The Kier molecular flexibility index (Phi) is 5.91. The summed E-state index contributed by atoms with van der Waals surface area (Å²) in [4.78, 5) is 6.09. The number of benzene rings is 1. The van der Waals surface area contributed by atoms with E-state index >= 15 is 0 Å². The van der Waals surface area contributed by atoms with Gasteiger partial charge in [0.2, 0.25) is 0 Å². The summed E-state index contributed by atoms with van der Waals surface area (Å²) >= 11 is 1.78. The Morgan fingerprint density at radius 1 is 1.19 bits per heavy atom. The lowest BCUT2D eigenvalue weighted by atomic mass is 10.1. The summed E-state index contributed by atoms with van der Waals surface area (Å²) in [5.74, 6) is 0. The molecule has 0 saturated heterocycles. The Labute approximate surface area is 131 Å². The van der Waals surface area contributed by atoms with Crippen molar-refractivity contribution in [2.45, 2.75) is 45.9 Å². The number of methoxy groups -OCH3 is 1. The summed E-state index contributed by atoms with van der Waals surface area (Å²) in [6, 6.07) is 10.9. The standard InChI is InChI=1S/C17H24N2OS/c1-12(2)18-11-15-17(14-8-6-5-7-9-14)21-16(19-15)10-13(3)20-4/h5-9,12-13,18H,10-11H2,1-4H3. The third-order valence-corrected chi connectivity index (χ3v) is 4.49. The van der Waals surface area contributed by atoms with Crippen molar-refractivity contribution in [2.75, 3.05) is 7.11 Å². The molecule has 1 aromatic carbocycles. The van der Waals surface area contributed by atoms with Crippen molar-refractivity contribution in [1.82, 2.24) is 10.3 Å². The fourth-order valence-electron chi connectivity index (χ4n) is 2.05. The topological polar surface area (TPSA) is 34.1 Å². The van der Waals surface area contributed by atoms with E-state index < -0.39 is 0 Å². The number of hydrogen-bond donors (Lipinski definition) is 1. The average Bonchev–Trinajstić information content (AvgIpc) is 2.88. The molecule has 21 heavy (non-hydrogen) atoms. The molecular formula is C17H24N2OS. The molecule has 1 atom stereocenters. The van der Waals surface area contributed by atoms with Crippen LogP contribution in [0.3, 0.4) is 0 Å². The molecule has 0 amide bonds. The first kappa shape index (κ1) is 16.1. The average molecular weight is 304 g/mol. The van der Waals surface area contributed by atoms with Gasteiger partial charge in [-0.05, 0) is 12.5 Å². The fraction of sp³-hybridized carbons (Fsp3) is 0.471. The molecule has 0 aliphatic rings. The molecule has 0 saturated carbocycles. The first-order valence-corrected chi connectivity index (χ1v) is 8.22. The molecule has 2 rings (SSSR count). The lowest BCUT2D eigenvalue weighted by molar-refractivity contribution is 0.118. The summed E-state index contributed by atoms with van der Waals surface area (Å²) in [6.07, 6.45) is 1.06. The summed E-state index contributed by atoms with van der Waals surface area (Å²) in [5.41, 5.74) is 2.38. The zero-order chi connectivity index (χ0) is 15.2. The second-order valence-electron chi connectivity index (χ2n) is 5.54. The first-order valence-electron chi connectivity index (χ1n) is 7.40. The summed E-state index contributed by atoms with van der Waals surface area (Å²) in [5, 5.41) is 4.61. The molecular weight excluding hydrogens is 280 g/mol. The molecule has 114 valence electrons. The van der Waals surface area contributed by atoms with Crippen LogP contribution in [0, 0.1) is 0 Å². The van der Waals surface area contributed by atoms with Gasteiger partial charge in [-0.3, -0.25) is 0 Å². The van der Waals surface area contributed by atoms with Crippen molar-refractivity contribution >= 4 is 11.3 Å². The summed E-state index contributed by atoms with van der Waals surface area (Å²) in [7, 11) is 1.75. The van der Waals surface area contributed by atoms with Crippen LogP contribution in [0.4, 0.5) is 0 Å². The summed E-state index contributed by atoms with van der Waals surface area (Å²) < 4.78 is 5.36. The smallest absolute Gasteiger partial charge is 0.0961 e. The number of ether oxygens (including phenoxy) is 1. The van der Waals surface area contributed by atoms with Gasteiger partial charge in [0.05, 0.1) is 21.7 Å². The zero-order valence-electron chi connectivity index (χ0n) is 13.2. The highest BCUT2D eigenvalue weighted by Crippen LogP contribution is 2.31. The molecule has 1 N–H and O–H groups in total. The van der Waals surface area contributed by atoms with E-state index in [4.69, 9.17) is 9.72 Å². The molecule has 1 aromatic heterocycles. The van der Waals surface area contributed by atoms with Crippen LogP contribution in [0.1, 0.15) is 31.5 Å². The number of thiazole rings is 1. The van der Waals surface area contributed by atoms with Gasteiger partial charge in [-0.1, -0.05) is 44.2 Å². The van der Waals surface area contributed by atoms with E-state index in [-0.39, 0.29) is 6.10 Å². The van der Waals surface area contributed by atoms with Gasteiger partial charge in [0, 0.05) is 26.1 Å². The van der Waals surface area contributed by atoms with Crippen molar-refractivity contribution < 1.29 is 4.74 Å². The zero-order valence-corrected chi connectivity index (χ0v) is 14.0. The van der Waals surface area contributed by atoms with E-state index in [2.05, 4.69) is 50.4 Å². The second kappa shape index (κ2) is 7.69. The number of aromatic nitrogens is 1. The molecule has 1 heterocycles. The minimum atomic E-state index is 0.200. The van der Waals surface area contributed by atoms with Gasteiger partial charge in [0.1, 0.15) is 0 Å². The van der Waals surface area contributed by atoms with Crippen molar-refractivity contribution in [3.63, 3.8) is 0 Å². The van der Waals surface area contributed by atoms with Gasteiger partial charge in [-0.15, -0.1) is 11.3 Å². The molecule has 0 radical (unpaired) electrons. The lowest BCUT2D eigenvalue weighted by Crippen LogP contribution is -2.22. The van der Waals surface area contributed by atoms with Crippen LogP contribution in [-0.2, 0) is 17.7 Å². The van der Waals surface area contributed by atoms with Crippen LogP contribution in [0.5, 0.6) is 0 Å². The van der Waals surface area contributed by atoms with E-state index in [1.165, 1.54) is 10.4 Å². The first-order chi connectivity index (χ1) is 10.1. The van der Waals surface area contributed by atoms with Gasteiger partial charge < -0.3 is 10.1 Å². The van der Waals surface area contributed by atoms with E-state index in [1.807, 2.05) is 6.07 Å². The Hall–Kier alpha value is -1.23. The Balaban J connectivity index is 2.27. The SMILES string of the molecule is COC(C)Cc1nc(CNC(C)C)c(-c2ccccc2)s1. The third kappa shape index (κ3) is 4.63. The molecule has 2 aromatic rings. The normalized spacial score (nSPS) is 12.8. The number of nitrogens with zero attached hydrogens (tertiary/aromatic N) is 1. The molecule has 0 aliphatic carbocycles. The van der Waals surface area contributed by atoms with Gasteiger partial charge in [-0.2, -0.15) is 0 Å². The van der Waals surface area contributed by atoms with E-state index in [9.17, 15) is 0 Å². The molecule has 0 fully saturated rings. The Morgan fingerprint density at radius 2 is 1.90 bits per heavy atom. The predicted octanol–water partition coefficient (Wildman–Crippen LogP) is 3.89. The van der Waals surface area contributed by atoms with Crippen LogP contribution in [-0.4, -0.2) is 24.2 Å². The largest absolute Gasteiger partial charge is 0.381 e. The highest BCUT2D eigenvalue weighted by Gasteiger charge is 2.14. The molecule has 0 bridgehead atoms. The minimum Gasteiger partial charge on any atom is -0.381 e. The van der Waals surface area contributed by atoms with Crippen LogP contribution >= 0.6 is 11.3 Å². The monoisotopic (exact) mass is 304 g/mol. The fourth-order valence-corrected chi connectivity index (χ4v) is 3.25. The van der Waals surface area contributed by atoms with Gasteiger partial charge in [0.25, 0.3) is 0 Å². The predicted molar refractivity (Wildman–Crippen MR) is 89.7 cm³/mol. The van der Waals surface area contributed by atoms with Gasteiger partial charge in [0.15, 0.2) is 0 Å². The van der Waals surface area contributed by atoms with Gasteiger partial charge >= 0.3 is 0 Å². The maximum Gasteiger partial charge on any atom is 0.0961 e. The maximum atomic E-state index is 5.36. The van der Waals surface area contributed by atoms with Crippen molar-refractivity contribution in [1.29, 1.82) is 0 Å². The Morgan fingerprint density at radius 3 is 2.52 bits per heavy atom. The van der Waals surface area contributed by atoms with Gasteiger partial charge in [-0.25, -0.2) is 4.98 Å². The number of hydrogen-bond acceptors (Lipinski definition) is 4. The molecule has 0 aliphatic heterocycles. The van der Waals surface area contributed by atoms with E-state index in [1.54, 1.807) is 18.4 Å². The van der Waals surface area contributed by atoms with Crippen LogP contribution < -0.4 is 5.32 Å². The Bertz CT molecular complexity index is 551. The molecule has 3 nitrogen and oxygen atoms in total. The van der Waals surface area contributed by atoms with E-state index in [0.29, 0.717) is 6.04 Å². The second-order valence-corrected chi connectivity index (χ2v) is 6.62. The maximum absolute atomic E-state index is 5.36. The van der Waals surface area contributed by atoms with Crippen LogP contribution in [0.15, 0.2) is 30.3 Å². The number of nitrogens with one attached hydrogen (secondary N) is 1. The molecule has 1 unspecified atom stereocenters. The van der Waals surface area contributed by atoms with Crippen LogP contribution in [0.25, 0.3) is 10.4 Å². The van der Waals surface area contributed by atoms with E-state index in [0.717, 1.165) is 23.7 Å². The lowest BCUT2D eigenvalue weighted by Gasteiger charge is -2.07. The highest BCUT2D eigenvalue weighted by molar-refractivity contribution is 7.15. The van der Waals surface area contributed by atoms with Crippen molar-refractivity contribution in [3.05, 3.63) is 41.0 Å². The minimum absolute atomic E-state index is 0.200. The van der Waals surface area contributed by atoms with Crippen molar-refractivity contribution in [3.8, 4) is 10.4 Å². The third-order valence-electron chi connectivity index (χ3n) is 3.32. The molecule has 4 heteroatoms.